The molecule has 2 heteroatoms. The van der Waals surface area contributed by atoms with Crippen molar-refractivity contribution in [2.75, 3.05) is 7.11 Å². The van der Waals surface area contributed by atoms with E-state index in [2.05, 4.69) is 24.3 Å². The molecule has 4 rings (SSSR count). The van der Waals surface area contributed by atoms with E-state index >= 15 is 0 Å². The molecule has 2 aliphatic rings. The fraction of sp³-hybridized carbons (Fsp3) is 0.278. The minimum absolute atomic E-state index is 0.285. The third-order valence-electron chi connectivity index (χ3n) is 4.60. The van der Waals surface area contributed by atoms with Crippen LogP contribution < -0.4 is 4.74 Å². The molecule has 0 saturated heterocycles. The number of carbonyl (C=O) groups is 1. The van der Waals surface area contributed by atoms with Crippen LogP contribution in [-0.4, -0.2) is 12.9 Å². The highest BCUT2D eigenvalue weighted by Crippen LogP contribution is 2.43. The van der Waals surface area contributed by atoms with Crippen LogP contribution in [0.25, 0.3) is 16.3 Å². The quantitative estimate of drug-likeness (QED) is 0.783. The van der Waals surface area contributed by atoms with Gasteiger partial charge in [0.25, 0.3) is 0 Å². The van der Waals surface area contributed by atoms with Gasteiger partial charge in [-0.05, 0) is 64.4 Å². The number of methoxy groups -OCH3 is 1. The van der Waals surface area contributed by atoms with Gasteiger partial charge >= 0.3 is 0 Å². The molecule has 2 aliphatic carbocycles. The number of aryl methyl sites for hydroxylation is 1. The predicted octanol–water partition coefficient (Wildman–Crippen LogP) is 3.77. The lowest BCUT2D eigenvalue weighted by Crippen LogP contribution is -2.11. The molecule has 2 nitrogen and oxygen atoms in total. The topological polar surface area (TPSA) is 26.3 Å². The number of hydrogen-bond acceptors (Lipinski definition) is 2. The summed E-state index contributed by atoms with van der Waals surface area (Å²) in [6, 6.07) is 10.6. The summed E-state index contributed by atoms with van der Waals surface area (Å²) >= 11 is 0. The van der Waals surface area contributed by atoms with E-state index in [1.54, 1.807) is 7.11 Å². The van der Waals surface area contributed by atoms with Crippen LogP contribution in [0.5, 0.6) is 5.75 Å². The smallest absolute Gasteiger partial charge is 0.156 e. The highest BCUT2D eigenvalue weighted by molar-refractivity contribution is 6.05. The summed E-state index contributed by atoms with van der Waals surface area (Å²) in [7, 11) is 1.69. The maximum absolute atomic E-state index is 11.7. The van der Waals surface area contributed by atoms with Crippen molar-refractivity contribution in [3.63, 3.8) is 0 Å². The third-order valence-corrected chi connectivity index (χ3v) is 4.60. The molecule has 0 amide bonds. The Morgan fingerprint density at radius 1 is 1.20 bits per heavy atom. The standard InChI is InChI=1S/C18H16O2/c1-20-14-4-7-15-12(9-14)3-6-17-16(15)5-2-11-8-13(19)10-18(11)17/h3-4,6-7,9-11H,2,5,8H2,1H3/t11-/m0/s1. The van der Waals surface area contributed by atoms with Gasteiger partial charge in [0.05, 0.1) is 7.11 Å². The van der Waals surface area contributed by atoms with Crippen LogP contribution in [0.1, 0.15) is 24.0 Å². The van der Waals surface area contributed by atoms with E-state index in [1.807, 2.05) is 12.1 Å². The van der Waals surface area contributed by atoms with Gasteiger partial charge in [-0.2, -0.15) is 0 Å². The fourth-order valence-electron chi connectivity index (χ4n) is 3.62. The van der Waals surface area contributed by atoms with Crippen molar-refractivity contribution < 1.29 is 9.53 Å². The second-order valence-electron chi connectivity index (χ2n) is 5.68. The second kappa shape index (κ2) is 4.20. The minimum Gasteiger partial charge on any atom is -0.497 e. The van der Waals surface area contributed by atoms with Crippen LogP contribution in [0.2, 0.25) is 0 Å². The molecule has 1 atom stereocenters. The second-order valence-corrected chi connectivity index (χ2v) is 5.68. The molecule has 0 aromatic heterocycles. The van der Waals surface area contributed by atoms with Gasteiger partial charge in [-0.1, -0.05) is 18.2 Å². The van der Waals surface area contributed by atoms with Gasteiger partial charge in [-0.25, -0.2) is 0 Å². The van der Waals surface area contributed by atoms with E-state index < -0.39 is 0 Å². The Balaban J connectivity index is 1.94. The summed E-state index contributed by atoms with van der Waals surface area (Å²) in [5.41, 5.74) is 3.93. The maximum atomic E-state index is 11.7. The first-order valence-electron chi connectivity index (χ1n) is 7.10. The number of allylic oxidation sites excluding steroid dienone is 2. The molecular formula is C18H16O2. The number of ether oxygens (including phenoxy) is 1. The zero-order valence-electron chi connectivity index (χ0n) is 11.5. The number of fused-ring (bicyclic) bond motifs is 5. The van der Waals surface area contributed by atoms with Crippen LogP contribution in [0.3, 0.4) is 0 Å². The van der Waals surface area contributed by atoms with Crippen molar-refractivity contribution in [2.24, 2.45) is 5.92 Å². The highest BCUT2D eigenvalue weighted by Gasteiger charge is 2.31. The van der Waals surface area contributed by atoms with E-state index in [0.717, 1.165) is 18.6 Å². The Kier molecular flexibility index (Phi) is 2.46. The Hall–Kier alpha value is -2.09. The maximum Gasteiger partial charge on any atom is 0.156 e. The van der Waals surface area contributed by atoms with Crippen molar-refractivity contribution in [1.29, 1.82) is 0 Å². The molecule has 0 unspecified atom stereocenters. The van der Waals surface area contributed by atoms with Gasteiger partial charge in [0, 0.05) is 6.42 Å². The normalized spacial score (nSPS) is 20.6. The van der Waals surface area contributed by atoms with Crippen molar-refractivity contribution >= 4 is 22.1 Å². The lowest BCUT2D eigenvalue weighted by atomic mass is 9.79. The van der Waals surface area contributed by atoms with E-state index in [0.29, 0.717) is 12.3 Å². The Bertz CT molecular complexity index is 755. The van der Waals surface area contributed by atoms with Gasteiger partial charge in [0.2, 0.25) is 0 Å². The summed E-state index contributed by atoms with van der Waals surface area (Å²) in [4.78, 5) is 11.7. The Labute approximate surface area is 118 Å². The molecule has 20 heavy (non-hydrogen) atoms. The fourth-order valence-corrected chi connectivity index (χ4v) is 3.62. The molecule has 0 spiro atoms. The number of benzene rings is 2. The number of ketones is 1. The summed E-state index contributed by atoms with van der Waals surface area (Å²) in [5.74, 6) is 1.62. The SMILES string of the molecule is COc1ccc2c3c(ccc2c1)C1=CC(=O)C[C@@H]1CC3. The molecule has 0 aliphatic heterocycles. The van der Waals surface area contributed by atoms with Gasteiger partial charge in [-0.3, -0.25) is 4.79 Å². The summed E-state index contributed by atoms with van der Waals surface area (Å²) in [5, 5.41) is 2.51. The Morgan fingerprint density at radius 3 is 2.95 bits per heavy atom. The largest absolute Gasteiger partial charge is 0.497 e. The highest BCUT2D eigenvalue weighted by atomic mass is 16.5. The first-order chi connectivity index (χ1) is 9.76. The van der Waals surface area contributed by atoms with Crippen molar-refractivity contribution in [1.82, 2.24) is 0 Å². The van der Waals surface area contributed by atoms with E-state index in [9.17, 15) is 4.79 Å². The zero-order valence-corrected chi connectivity index (χ0v) is 11.5. The molecule has 100 valence electrons. The molecule has 0 radical (unpaired) electrons. The zero-order chi connectivity index (χ0) is 13.7. The van der Waals surface area contributed by atoms with Gasteiger partial charge in [-0.15, -0.1) is 0 Å². The first-order valence-corrected chi connectivity index (χ1v) is 7.10. The molecule has 2 aromatic rings. The summed E-state index contributed by atoms with van der Waals surface area (Å²) in [6.07, 6.45) is 4.72. The molecule has 0 fully saturated rings. The number of carbonyl (C=O) groups excluding carboxylic acids is 1. The van der Waals surface area contributed by atoms with Crippen LogP contribution in [0, 0.1) is 5.92 Å². The average molecular weight is 264 g/mol. The molecule has 0 heterocycles. The molecule has 0 bridgehead atoms. The van der Waals surface area contributed by atoms with E-state index in [-0.39, 0.29) is 5.78 Å². The van der Waals surface area contributed by atoms with Crippen LogP contribution in [0.4, 0.5) is 0 Å². The monoisotopic (exact) mass is 264 g/mol. The molecule has 0 N–H and O–H groups in total. The van der Waals surface area contributed by atoms with Gasteiger partial charge < -0.3 is 4.74 Å². The molecule has 2 aromatic carbocycles. The van der Waals surface area contributed by atoms with E-state index in [1.165, 1.54) is 27.5 Å². The van der Waals surface area contributed by atoms with Crippen LogP contribution in [0.15, 0.2) is 36.4 Å². The van der Waals surface area contributed by atoms with E-state index in [4.69, 9.17) is 4.74 Å². The van der Waals surface area contributed by atoms with Crippen LogP contribution in [-0.2, 0) is 11.2 Å². The lowest BCUT2D eigenvalue weighted by Gasteiger charge is -2.25. The van der Waals surface area contributed by atoms with Gasteiger partial charge in [0.1, 0.15) is 5.75 Å². The Morgan fingerprint density at radius 2 is 2.10 bits per heavy atom. The van der Waals surface area contributed by atoms with Crippen LogP contribution >= 0.6 is 0 Å². The minimum atomic E-state index is 0.285. The summed E-state index contributed by atoms with van der Waals surface area (Å²) < 4.78 is 5.29. The number of hydrogen-bond donors (Lipinski definition) is 0. The first kappa shape index (κ1) is 11.7. The van der Waals surface area contributed by atoms with Crippen molar-refractivity contribution in [2.45, 2.75) is 19.3 Å². The number of rotatable bonds is 1. The lowest BCUT2D eigenvalue weighted by molar-refractivity contribution is -0.114. The summed E-state index contributed by atoms with van der Waals surface area (Å²) in [6.45, 7) is 0. The van der Waals surface area contributed by atoms with Crippen molar-refractivity contribution in [3.8, 4) is 5.75 Å². The predicted molar refractivity (Wildman–Crippen MR) is 79.9 cm³/mol. The molecular weight excluding hydrogens is 248 g/mol. The third kappa shape index (κ3) is 1.61. The molecule has 0 saturated carbocycles. The van der Waals surface area contributed by atoms with Crippen molar-refractivity contribution in [3.05, 3.63) is 47.5 Å². The average Bonchev–Trinajstić information content (AvgIpc) is 2.86. The van der Waals surface area contributed by atoms with Gasteiger partial charge in [0.15, 0.2) is 5.78 Å².